The molecule has 0 fully saturated rings. The highest BCUT2D eigenvalue weighted by Crippen LogP contribution is 2.47. The van der Waals surface area contributed by atoms with Crippen molar-refractivity contribution in [2.75, 3.05) is 14.2 Å². The predicted molar refractivity (Wildman–Crippen MR) is 96.4 cm³/mol. The molecule has 2 aromatic carbocycles. The van der Waals surface area contributed by atoms with E-state index in [1.165, 1.54) is 0 Å². The third kappa shape index (κ3) is 2.60. The Kier molecular flexibility index (Phi) is 3.60. The molecule has 0 amide bonds. The second-order valence-electron chi connectivity index (χ2n) is 6.79. The van der Waals surface area contributed by atoms with Crippen LogP contribution < -0.4 is 14.2 Å². The van der Waals surface area contributed by atoms with Gasteiger partial charge in [0.15, 0.2) is 5.72 Å². The first-order chi connectivity index (χ1) is 12.0. The Morgan fingerprint density at radius 1 is 1.04 bits per heavy atom. The first-order valence-electron chi connectivity index (χ1n) is 8.40. The normalized spacial score (nSPS) is 20.2. The van der Waals surface area contributed by atoms with Gasteiger partial charge in [0.2, 0.25) is 0 Å². The lowest BCUT2D eigenvalue weighted by atomic mass is 9.95. The van der Waals surface area contributed by atoms with Gasteiger partial charge in [0, 0.05) is 12.0 Å². The van der Waals surface area contributed by atoms with E-state index < -0.39 is 5.72 Å². The molecular formula is C20H22N2O3. The summed E-state index contributed by atoms with van der Waals surface area (Å²) < 4.78 is 16.8. The third-order valence-corrected chi connectivity index (χ3v) is 4.82. The summed E-state index contributed by atoms with van der Waals surface area (Å²) >= 11 is 0. The minimum atomic E-state index is -0.500. The maximum Gasteiger partial charge on any atom is 0.192 e. The lowest BCUT2D eigenvalue weighted by Gasteiger charge is -2.43. The SMILES string of the molecule is COc1ccc(C2=NN3C(C2)c2cc(OC)ccc2OC3(C)C)cc1. The third-order valence-electron chi connectivity index (χ3n) is 4.82. The number of hydrogen-bond acceptors (Lipinski definition) is 5. The van der Waals surface area contributed by atoms with Crippen LogP contribution in [0.1, 0.15) is 37.4 Å². The molecular weight excluding hydrogens is 316 g/mol. The van der Waals surface area contributed by atoms with E-state index in [2.05, 4.69) is 23.2 Å². The van der Waals surface area contributed by atoms with Gasteiger partial charge < -0.3 is 14.2 Å². The van der Waals surface area contributed by atoms with Gasteiger partial charge in [0.25, 0.3) is 0 Å². The van der Waals surface area contributed by atoms with Crippen molar-refractivity contribution in [2.45, 2.75) is 32.0 Å². The van der Waals surface area contributed by atoms with Gasteiger partial charge in [-0.2, -0.15) is 5.10 Å². The van der Waals surface area contributed by atoms with Gasteiger partial charge in [-0.3, -0.25) is 0 Å². The molecule has 2 heterocycles. The van der Waals surface area contributed by atoms with E-state index in [4.69, 9.17) is 19.3 Å². The molecule has 0 radical (unpaired) electrons. The van der Waals surface area contributed by atoms with Crippen molar-refractivity contribution in [1.82, 2.24) is 5.01 Å². The van der Waals surface area contributed by atoms with E-state index in [9.17, 15) is 0 Å². The summed E-state index contributed by atoms with van der Waals surface area (Å²) in [6, 6.07) is 14.2. The van der Waals surface area contributed by atoms with Crippen molar-refractivity contribution >= 4 is 5.71 Å². The van der Waals surface area contributed by atoms with Crippen molar-refractivity contribution in [2.24, 2.45) is 5.10 Å². The van der Waals surface area contributed by atoms with Gasteiger partial charge in [-0.15, -0.1) is 0 Å². The number of methoxy groups -OCH3 is 2. The number of benzene rings is 2. The molecule has 5 nitrogen and oxygen atoms in total. The first kappa shape index (κ1) is 15.8. The average molecular weight is 338 g/mol. The average Bonchev–Trinajstić information content (AvgIpc) is 3.08. The van der Waals surface area contributed by atoms with Crippen molar-refractivity contribution in [1.29, 1.82) is 0 Å². The zero-order valence-corrected chi connectivity index (χ0v) is 14.9. The number of nitrogens with zero attached hydrogens (tertiary/aromatic N) is 2. The zero-order valence-electron chi connectivity index (χ0n) is 14.9. The van der Waals surface area contributed by atoms with Crippen LogP contribution in [0.15, 0.2) is 47.6 Å². The van der Waals surface area contributed by atoms with Crippen LogP contribution in [0.5, 0.6) is 17.2 Å². The highest BCUT2D eigenvalue weighted by molar-refractivity contribution is 6.02. The standard InChI is InChI=1S/C20H22N2O3/c1-20(2)22-18(16-11-15(24-4)9-10-19(16)25-20)12-17(21-22)13-5-7-14(23-3)8-6-13/h5-11,18H,12H2,1-4H3. The molecule has 2 aromatic rings. The summed E-state index contributed by atoms with van der Waals surface area (Å²) in [6.45, 7) is 4.10. The summed E-state index contributed by atoms with van der Waals surface area (Å²) in [5, 5.41) is 6.95. The molecule has 0 aliphatic carbocycles. The molecule has 25 heavy (non-hydrogen) atoms. The molecule has 130 valence electrons. The number of hydrazone groups is 1. The topological polar surface area (TPSA) is 43.3 Å². The molecule has 5 heteroatoms. The summed E-state index contributed by atoms with van der Waals surface area (Å²) in [7, 11) is 3.35. The Morgan fingerprint density at radius 2 is 1.72 bits per heavy atom. The maximum absolute atomic E-state index is 6.20. The molecule has 0 saturated carbocycles. The number of fused-ring (bicyclic) bond motifs is 3. The van der Waals surface area contributed by atoms with E-state index >= 15 is 0 Å². The van der Waals surface area contributed by atoms with Crippen LogP contribution in [-0.4, -0.2) is 30.7 Å². The molecule has 1 unspecified atom stereocenters. The molecule has 1 atom stereocenters. The van der Waals surface area contributed by atoms with Gasteiger partial charge in [0.05, 0.1) is 26.0 Å². The van der Waals surface area contributed by atoms with Crippen LogP contribution in [0.4, 0.5) is 0 Å². The lowest BCUT2D eigenvalue weighted by Crippen LogP contribution is -2.48. The molecule has 0 spiro atoms. The quantitative estimate of drug-likeness (QED) is 0.849. The highest BCUT2D eigenvalue weighted by Gasteiger charge is 2.44. The van der Waals surface area contributed by atoms with Gasteiger partial charge in [-0.1, -0.05) is 0 Å². The summed E-state index contributed by atoms with van der Waals surface area (Å²) in [5.41, 5.74) is 2.78. The Bertz CT molecular complexity index is 827. The number of rotatable bonds is 3. The Morgan fingerprint density at radius 3 is 2.40 bits per heavy atom. The minimum absolute atomic E-state index is 0.144. The Labute approximate surface area is 147 Å². The largest absolute Gasteiger partial charge is 0.497 e. The van der Waals surface area contributed by atoms with E-state index in [-0.39, 0.29) is 6.04 Å². The van der Waals surface area contributed by atoms with Gasteiger partial charge in [0.1, 0.15) is 17.2 Å². The van der Waals surface area contributed by atoms with Crippen molar-refractivity contribution in [3.63, 3.8) is 0 Å². The van der Waals surface area contributed by atoms with Crippen molar-refractivity contribution in [3.8, 4) is 17.2 Å². The van der Waals surface area contributed by atoms with E-state index in [0.717, 1.165) is 40.5 Å². The van der Waals surface area contributed by atoms with Gasteiger partial charge in [-0.25, -0.2) is 5.01 Å². The van der Waals surface area contributed by atoms with Gasteiger partial charge >= 0.3 is 0 Å². The van der Waals surface area contributed by atoms with E-state index in [1.807, 2.05) is 38.1 Å². The van der Waals surface area contributed by atoms with Crippen LogP contribution in [-0.2, 0) is 0 Å². The molecule has 0 N–H and O–H groups in total. The summed E-state index contributed by atoms with van der Waals surface area (Å²) in [5.74, 6) is 2.58. The molecule has 2 aliphatic heterocycles. The lowest BCUT2D eigenvalue weighted by molar-refractivity contribution is -0.0912. The minimum Gasteiger partial charge on any atom is -0.497 e. The molecule has 4 rings (SSSR count). The monoisotopic (exact) mass is 338 g/mol. The second kappa shape index (κ2) is 5.69. The predicted octanol–water partition coefficient (Wildman–Crippen LogP) is 3.98. The van der Waals surface area contributed by atoms with Crippen LogP contribution in [0.25, 0.3) is 0 Å². The number of ether oxygens (including phenoxy) is 3. The maximum atomic E-state index is 6.20. The second-order valence-corrected chi connectivity index (χ2v) is 6.79. The van der Waals surface area contributed by atoms with Crippen LogP contribution >= 0.6 is 0 Å². The van der Waals surface area contributed by atoms with Crippen LogP contribution in [0.3, 0.4) is 0 Å². The van der Waals surface area contributed by atoms with Crippen LogP contribution in [0.2, 0.25) is 0 Å². The zero-order chi connectivity index (χ0) is 17.6. The van der Waals surface area contributed by atoms with Gasteiger partial charge in [-0.05, 0) is 61.9 Å². The molecule has 2 aliphatic rings. The molecule has 0 aromatic heterocycles. The van der Waals surface area contributed by atoms with E-state index in [0.29, 0.717) is 0 Å². The highest BCUT2D eigenvalue weighted by atomic mass is 16.5. The first-order valence-corrected chi connectivity index (χ1v) is 8.40. The Balaban J connectivity index is 1.72. The smallest absolute Gasteiger partial charge is 0.192 e. The fraction of sp³-hybridized carbons (Fsp3) is 0.350. The van der Waals surface area contributed by atoms with E-state index in [1.54, 1.807) is 14.2 Å². The Hall–Kier alpha value is -2.69. The van der Waals surface area contributed by atoms with Crippen molar-refractivity contribution in [3.05, 3.63) is 53.6 Å². The summed E-state index contributed by atoms with van der Waals surface area (Å²) in [6.07, 6.45) is 0.833. The number of hydrogen-bond donors (Lipinski definition) is 0. The summed E-state index contributed by atoms with van der Waals surface area (Å²) in [4.78, 5) is 0. The fourth-order valence-corrected chi connectivity index (χ4v) is 3.53. The fourth-order valence-electron chi connectivity index (χ4n) is 3.53. The van der Waals surface area contributed by atoms with Crippen molar-refractivity contribution < 1.29 is 14.2 Å². The molecule has 0 bridgehead atoms. The molecule has 0 saturated heterocycles. The van der Waals surface area contributed by atoms with Crippen LogP contribution in [0, 0.1) is 0 Å².